The number of benzene rings is 2. The Morgan fingerprint density at radius 3 is 2.35 bits per heavy atom. The van der Waals surface area contributed by atoms with Gasteiger partial charge in [-0.2, -0.15) is 18.3 Å². The average Bonchev–Trinajstić information content (AvgIpc) is 3.17. The van der Waals surface area contributed by atoms with E-state index in [0.717, 1.165) is 0 Å². The number of primary amides is 1. The number of nitrogens with two attached hydrogens (primary N) is 1. The Kier molecular flexibility index (Phi) is 5.36. The molecule has 2 aromatic heterocycles. The summed E-state index contributed by atoms with van der Waals surface area (Å²) >= 11 is 12.1. The van der Waals surface area contributed by atoms with Gasteiger partial charge in [-0.1, -0.05) is 59.6 Å². The van der Waals surface area contributed by atoms with Gasteiger partial charge in [-0.15, -0.1) is 0 Å². The van der Waals surface area contributed by atoms with Crippen LogP contribution in [0.3, 0.4) is 0 Å². The second-order valence-corrected chi connectivity index (χ2v) is 7.51. The summed E-state index contributed by atoms with van der Waals surface area (Å²) in [5.74, 6) is -2.41. The minimum absolute atomic E-state index is 0.0478. The molecule has 1 amide bonds. The van der Waals surface area contributed by atoms with Crippen molar-refractivity contribution < 1.29 is 18.0 Å². The molecule has 0 aliphatic heterocycles. The van der Waals surface area contributed by atoms with Crippen molar-refractivity contribution >= 4 is 34.8 Å². The van der Waals surface area contributed by atoms with Crippen LogP contribution < -0.4 is 5.73 Å². The summed E-state index contributed by atoms with van der Waals surface area (Å²) in [4.78, 5) is 16.9. The Balaban J connectivity index is 2.17. The first-order valence-electron chi connectivity index (χ1n) is 8.93. The van der Waals surface area contributed by atoms with Gasteiger partial charge in [-0.25, -0.2) is 9.50 Å². The Bertz CT molecular complexity index is 1290. The molecule has 2 aromatic carbocycles. The molecular formula is C21H13Cl2F3N4O. The fourth-order valence-corrected chi connectivity index (χ4v) is 3.78. The zero-order valence-electron chi connectivity index (χ0n) is 15.6. The van der Waals surface area contributed by atoms with Gasteiger partial charge in [0, 0.05) is 17.2 Å². The van der Waals surface area contributed by atoms with Gasteiger partial charge in [0.05, 0.1) is 27.9 Å². The Morgan fingerprint density at radius 1 is 1.03 bits per heavy atom. The first-order chi connectivity index (χ1) is 14.7. The fraction of sp³-hybridized carbons (Fsp3) is 0.0952. The number of rotatable bonds is 4. The summed E-state index contributed by atoms with van der Waals surface area (Å²) in [5.41, 5.74) is 4.46. The van der Waals surface area contributed by atoms with Crippen molar-refractivity contribution in [1.29, 1.82) is 0 Å². The highest BCUT2D eigenvalue weighted by Crippen LogP contribution is 2.42. The van der Waals surface area contributed by atoms with Crippen molar-refractivity contribution in [3.63, 3.8) is 0 Å². The molecule has 2 N–H and O–H groups in total. The third kappa shape index (κ3) is 3.84. The Morgan fingerprint density at radius 2 is 1.74 bits per heavy atom. The maximum absolute atomic E-state index is 14.3. The molecule has 0 radical (unpaired) electrons. The minimum Gasteiger partial charge on any atom is -0.369 e. The van der Waals surface area contributed by atoms with Gasteiger partial charge in [-0.05, 0) is 17.7 Å². The van der Waals surface area contributed by atoms with Gasteiger partial charge in [0.1, 0.15) is 0 Å². The third-order valence-electron chi connectivity index (χ3n) is 4.74. The van der Waals surface area contributed by atoms with Crippen molar-refractivity contribution in [3.05, 3.63) is 87.7 Å². The van der Waals surface area contributed by atoms with Gasteiger partial charge in [0.2, 0.25) is 5.91 Å². The van der Waals surface area contributed by atoms with Crippen molar-refractivity contribution in [2.45, 2.75) is 12.1 Å². The molecule has 0 saturated heterocycles. The number of nitrogens with zero attached hydrogens (tertiary/aromatic N) is 3. The fourth-order valence-electron chi connectivity index (χ4n) is 3.48. The number of carbonyl (C=O) groups excluding carboxylic acids is 1. The number of carbonyl (C=O) groups is 1. The maximum atomic E-state index is 14.3. The molecular weight excluding hydrogens is 452 g/mol. The standard InChI is InChI=1S/C21H13Cl2F3N4O/c22-13-7-6-12(10-14(13)23)18-17(16(20(27)31)11-4-2-1-3-5-11)19(21(24,25)26)30-15(29-18)8-9-28-30/h1-10,16H,(H2,27,31). The van der Waals surface area contributed by atoms with Gasteiger partial charge >= 0.3 is 6.18 Å². The predicted octanol–water partition coefficient (Wildman–Crippen LogP) is 5.34. The van der Waals surface area contributed by atoms with E-state index in [4.69, 9.17) is 28.9 Å². The van der Waals surface area contributed by atoms with Crippen LogP contribution >= 0.6 is 23.2 Å². The Labute approximate surface area is 184 Å². The summed E-state index contributed by atoms with van der Waals surface area (Å²) in [6.45, 7) is 0. The van der Waals surface area contributed by atoms with Gasteiger partial charge in [0.25, 0.3) is 0 Å². The van der Waals surface area contributed by atoms with Crippen LogP contribution in [0, 0.1) is 0 Å². The molecule has 2 heterocycles. The lowest BCUT2D eigenvalue weighted by Gasteiger charge is -2.23. The van der Waals surface area contributed by atoms with E-state index in [1.165, 1.54) is 42.6 Å². The SMILES string of the molecule is NC(=O)C(c1ccccc1)c1c(-c2ccc(Cl)c(Cl)c2)nc2ccnn2c1C(F)(F)F. The highest BCUT2D eigenvalue weighted by Gasteiger charge is 2.42. The smallest absolute Gasteiger partial charge is 0.369 e. The third-order valence-corrected chi connectivity index (χ3v) is 5.48. The molecule has 4 rings (SSSR count). The molecule has 1 unspecified atom stereocenters. The number of fused-ring (bicyclic) bond motifs is 1. The number of hydrogen-bond donors (Lipinski definition) is 1. The van der Waals surface area contributed by atoms with Crippen LogP contribution in [0.2, 0.25) is 10.0 Å². The molecule has 0 aliphatic rings. The monoisotopic (exact) mass is 464 g/mol. The maximum Gasteiger partial charge on any atom is 0.433 e. The molecule has 158 valence electrons. The van der Waals surface area contributed by atoms with Gasteiger partial charge in [0.15, 0.2) is 11.3 Å². The molecule has 10 heteroatoms. The second-order valence-electron chi connectivity index (χ2n) is 6.70. The number of hydrogen-bond acceptors (Lipinski definition) is 3. The molecule has 0 aliphatic carbocycles. The quantitative estimate of drug-likeness (QED) is 0.442. The van der Waals surface area contributed by atoms with E-state index < -0.39 is 29.3 Å². The molecule has 0 bridgehead atoms. The highest BCUT2D eigenvalue weighted by atomic mass is 35.5. The molecule has 0 spiro atoms. The molecule has 4 aromatic rings. The van der Waals surface area contributed by atoms with Crippen LogP contribution in [0.5, 0.6) is 0 Å². The molecule has 1 atom stereocenters. The molecule has 0 fully saturated rings. The zero-order chi connectivity index (χ0) is 22.3. The van der Waals surface area contributed by atoms with Crippen LogP contribution in [0.4, 0.5) is 13.2 Å². The van der Waals surface area contributed by atoms with Crippen LogP contribution in [0.1, 0.15) is 22.7 Å². The minimum atomic E-state index is -4.87. The van der Waals surface area contributed by atoms with E-state index in [-0.39, 0.29) is 32.5 Å². The summed E-state index contributed by atoms with van der Waals surface area (Å²) in [6.07, 6.45) is -3.67. The number of halogens is 5. The highest BCUT2D eigenvalue weighted by molar-refractivity contribution is 6.42. The first-order valence-corrected chi connectivity index (χ1v) is 9.68. The molecule has 5 nitrogen and oxygen atoms in total. The second kappa shape index (κ2) is 7.86. The lowest BCUT2D eigenvalue weighted by atomic mass is 9.86. The summed E-state index contributed by atoms with van der Waals surface area (Å²) < 4.78 is 43.7. The van der Waals surface area contributed by atoms with Gasteiger partial charge < -0.3 is 5.73 Å². The largest absolute Gasteiger partial charge is 0.433 e. The number of amides is 1. The lowest BCUT2D eigenvalue weighted by Crippen LogP contribution is -2.28. The van der Waals surface area contributed by atoms with Crippen molar-refractivity contribution in [1.82, 2.24) is 14.6 Å². The van der Waals surface area contributed by atoms with E-state index in [1.807, 2.05) is 0 Å². The lowest BCUT2D eigenvalue weighted by molar-refractivity contribution is -0.143. The zero-order valence-corrected chi connectivity index (χ0v) is 17.1. The number of aromatic nitrogens is 3. The van der Waals surface area contributed by atoms with Crippen LogP contribution in [0.15, 0.2) is 60.8 Å². The van der Waals surface area contributed by atoms with Crippen molar-refractivity contribution in [2.75, 3.05) is 0 Å². The van der Waals surface area contributed by atoms with Crippen LogP contribution in [0.25, 0.3) is 16.9 Å². The Hall–Kier alpha value is -3.10. The molecule has 31 heavy (non-hydrogen) atoms. The van der Waals surface area contributed by atoms with Crippen LogP contribution in [-0.4, -0.2) is 20.5 Å². The van der Waals surface area contributed by atoms with Gasteiger partial charge in [-0.3, -0.25) is 4.79 Å². The topological polar surface area (TPSA) is 73.3 Å². The van der Waals surface area contributed by atoms with Crippen molar-refractivity contribution in [3.8, 4) is 11.3 Å². The predicted molar refractivity (Wildman–Crippen MR) is 111 cm³/mol. The van der Waals surface area contributed by atoms with Crippen molar-refractivity contribution in [2.24, 2.45) is 5.73 Å². The average molecular weight is 465 g/mol. The van der Waals surface area contributed by atoms with E-state index in [9.17, 15) is 18.0 Å². The van der Waals surface area contributed by atoms with E-state index in [0.29, 0.717) is 4.52 Å². The van der Waals surface area contributed by atoms with Crippen LogP contribution in [-0.2, 0) is 11.0 Å². The summed E-state index contributed by atoms with van der Waals surface area (Å²) in [5, 5.41) is 4.14. The van der Waals surface area contributed by atoms with E-state index in [2.05, 4.69) is 10.1 Å². The first kappa shape index (κ1) is 21.1. The summed E-state index contributed by atoms with van der Waals surface area (Å²) in [7, 11) is 0. The summed E-state index contributed by atoms with van der Waals surface area (Å²) in [6, 6.07) is 13.6. The van der Waals surface area contributed by atoms with E-state index in [1.54, 1.807) is 18.2 Å². The van der Waals surface area contributed by atoms with E-state index >= 15 is 0 Å². The number of alkyl halides is 3. The molecule has 0 saturated carbocycles. The normalized spacial score (nSPS) is 12.8.